The molecule has 0 spiro atoms. The average molecular weight is 796 g/mol. The van der Waals surface area contributed by atoms with Gasteiger partial charge >= 0.3 is 11.9 Å². The quantitative estimate of drug-likeness (QED) is 0.107. The molecular formula is C46H41N3O10. The molecule has 0 aliphatic carbocycles. The Morgan fingerprint density at radius 3 is 1.88 bits per heavy atom. The molecule has 0 bridgehead atoms. The van der Waals surface area contributed by atoms with E-state index in [0.717, 1.165) is 29.7 Å². The Hall–Kier alpha value is -7.28. The number of H-pyrrole nitrogens is 2. The number of aromatic amines is 2. The van der Waals surface area contributed by atoms with Crippen LogP contribution in [0.2, 0.25) is 0 Å². The first-order valence-corrected chi connectivity index (χ1v) is 19.3. The second-order valence-electron chi connectivity index (χ2n) is 13.7. The van der Waals surface area contributed by atoms with Crippen LogP contribution in [0, 0.1) is 0 Å². The van der Waals surface area contributed by atoms with Crippen molar-refractivity contribution in [1.82, 2.24) is 9.97 Å². The standard InChI is InChI=1S/C46H41N3O10/c1-6-49(7-2)28-17-14-26(15-18-28)35-37(43(50)47-39-29-11-9-10-12-31(29)58-41(35)39)46(53)57-22-21-25-13-19-32-30(23-25)40-42(59-32)36(38(44(51)48-40)45(52)56-8-3)27-16-20-33(54-4)34(24-27)55-5/h9-20,23-24H,6-8,21-22H2,1-5H3,(H,47,50)(H,48,51). The molecule has 4 aromatic heterocycles. The Morgan fingerprint density at radius 2 is 1.24 bits per heavy atom. The zero-order valence-electron chi connectivity index (χ0n) is 33.1. The van der Waals surface area contributed by atoms with Crippen molar-refractivity contribution in [2.24, 2.45) is 0 Å². The lowest BCUT2D eigenvalue weighted by molar-refractivity contribution is 0.0504. The Labute approximate surface area is 337 Å². The third kappa shape index (κ3) is 6.83. The molecule has 4 heterocycles. The minimum absolute atomic E-state index is 0.0595. The number of benzene rings is 4. The number of nitrogens with one attached hydrogen (secondary N) is 2. The largest absolute Gasteiger partial charge is 0.493 e. The summed E-state index contributed by atoms with van der Waals surface area (Å²) < 4.78 is 34.6. The van der Waals surface area contributed by atoms with E-state index in [1.807, 2.05) is 60.7 Å². The number of carbonyl (C=O) groups excluding carboxylic acids is 2. The first-order valence-electron chi connectivity index (χ1n) is 19.3. The molecular weight excluding hydrogens is 755 g/mol. The molecule has 0 radical (unpaired) electrons. The van der Waals surface area contributed by atoms with Gasteiger partial charge in [-0.2, -0.15) is 0 Å². The predicted molar refractivity (Wildman–Crippen MR) is 226 cm³/mol. The van der Waals surface area contributed by atoms with E-state index in [2.05, 4.69) is 28.7 Å². The fourth-order valence-corrected chi connectivity index (χ4v) is 7.65. The molecule has 13 nitrogen and oxygen atoms in total. The lowest BCUT2D eigenvalue weighted by Gasteiger charge is -2.21. The first kappa shape index (κ1) is 38.6. The number of para-hydroxylation sites is 1. The summed E-state index contributed by atoms with van der Waals surface area (Å²) >= 11 is 0. The third-order valence-corrected chi connectivity index (χ3v) is 10.5. The predicted octanol–water partition coefficient (Wildman–Crippen LogP) is 8.64. The molecule has 8 rings (SSSR count). The van der Waals surface area contributed by atoms with E-state index in [9.17, 15) is 19.2 Å². The second kappa shape index (κ2) is 15.9. The van der Waals surface area contributed by atoms with Crippen LogP contribution in [0.25, 0.3) is 66.4 Å². The van der Waals surface area contributed by atoms with Gasteiger partial charge in [0.25, 0.3) is 11.1 Å². The van der Waals surface area contributed by atoms with E-state index in [1.165, 1.54) is 14.2 Å². The van der Waals surface area contributed by atoms with Gasteiger partial charge in [0, 0.05) is 47.1 Å². The molecule has 0 atom stereocenters. The van der Waals surface area contributed by atoms with E-state index in [0.29, 0.717) is 61.4 Å². The van der Waals surface area contributed by atoms with Gasteiger partial charge in [-0.1, -0.05) is 36.4 Å². The molecule has 0 aliphatic heterocycles. The highest BCUT2D eigenvalue weighted by Crippen LogP contribution is 2.40. The van der Waals surface area contributed by atoms with Gasteiger partial charge < -0.3 is 42.6 Å². The number of aromatic nitrogens is 2. The van der Waals surface area contributed by atoms with Crippen LogP contribution in [0.3, 0.4) is 0 Å². The molecule has 0 fully saturated rings. The maximum absolute atomic E-state index is 14.0. The number of esters is 2. The number of nitrogens with zero attached hydrogens (tertiary/aromatic N) is 1. The van der Waals surface area contributed by atoms with Crippen LogP contribution in [-0.4, -0.2) is 62.4 Å². The number of fused-ring (bicyclic) bond motifs is 6. The van der Waals surface area contributed by atoms with Gasteiger partial charge in [-0.05, 0) is 86.0 Å². The highest BCUT2D eigenvalue weighted by molar-refractivity contribution is 6.13. The van der Waals surface area contributed by atoms with Gasteiger partial charge in [-0.15, -0.1) is 0 Å². The number of rotatable bonds is 13. The molecule has 0 saturated heterocycles. The normalized spacial score (nSPS) is 11.4. The number of carbonyl (C=O) groups is 2. The number of furan rings is 2. The van der Waals surface area contributed by atoms with E-state index >= 15 is 0 Å². The Kier molecular flexibility index (Phi) is 10.4. The first-order chi connectivity index (χ1) is 28.7. The number of methoxy groups -OCH3 is 2. The minimum atomic E-state index is -0.804. The summed E-state index contributed by atoms with van der Waals surface area (Å²) in [5, 5.41) is 1.29. The third-order valence-electron chi connectivity index (χ3n) is 10.5. The van der Waals surface area contributed by atoms with Crippen LogP contribution in [0.4, 0.5) is 5.69 Å². The van der Waals surface area contributed by atoms with Crippen molar-refractivity contribution < 1.29 is 37.4 Å². The summed E-state index contributed by atoms with van der Waals surface area (Å²) in [6.07, 6.45) is 0.265. The van der Waals surface area contributed by atoms with E-state index < -0.39 is 23.1 Å². The molecule has 13 heteroatoms. The van der Waals surface area contributed by atoms with Gasteiger partial charge in [-0.25, -0.2) is 9.59 Å². The summed E-state index contributed by atoms with van der Waals surface area (Å²) in [5.74, 6) is -0.755. The fraction of sp³-hybridized carbons (Fsp3) is 0.217. The molecule has 8 aromatic rings. The van der Waals surface area contributed by atoms with Crippen LogP contribution in [0.1, 0.15) is 47.1 Å². The number of anilines is 1. The molecule has 300 valence electrons. The summed E-state index contributed by atoms with van der Waals surface area (Å²) in [6, 6.07) is 25.5. The summed E-state index contributed by atoms with van der Waals surface area (Å²) in [5.41, 5.74) is 4.32. The number of hydrogen-bond donors (Lipinski definition) is 2. The van der Waals surface area contributed by atoms with Crippen molar-refractivity contribution >= 4 is 61.8 Å². The van der Waals surface area contributed by atoms with Crippen molar-refractivity contribution in [2.75, 3.05) is 45.4 Å². The molecule has 0 unspecified atom stereocenters. The highest BCUT2D eigenvalue weighted by atomic mass is 16.5. The summed E-state index contributed by atoms with van der Waals surface area (Å²) in [6.45, 7) is 7.45. The molecule has 59 heavy (non-hydrogen) atoms. The van der Waals surface area contributed by atoms with Gasteiger partial charge in [0.15, 0.2) is 22.7 Å². The van der Waals surface area contributed by atoms with Gasteiger partial charge in [0.05, 0.1) is 38.5 Å². The highest BCUT2D eigenvalue weighted by Gasteiger charge is 2.28. The Balaban J connectivity index is 1.14. The molecule has 0 amide bonds. The summed E-state index contributed by atoms with van der Waals surface area (Å²) in [4.78, 5) is 62.5. The van der Waals surface area contributed by atoms with Crippen LogP contribution >= 0.6 is 0 Å². The van der Waals surface area contributed by atoms with Gasteiger partial charge in [-0.3, -0.25) is 9.59 Å². The van der Waals surface area contributed by atoms with Crippen LogP contribution in [-0.2, 0) is 15.9 Å². The number of pyridine rings is 2. The molecule has 2 N–H and O–H groups in total. The molecule has 4 aromatic carbocycles. The lowest BCUT2D eigenvalue weighted by Crippen LogP contribution is -2.22. The van der Waals surface area contributed by atoms with E-state index in [-0.39, 0.29) is 41.9 Å². The lowest BCUT2D eigenvalue weighted by atomic mass is 9.98. The van der Waals surface area contributed by atoms with E-state index in [1.54, 1.807) is 31.2 Å². The molecule has 0 saturated carbocycles. The maximum atomic E-state index is 14.0. The number of ether oxygens (including phenoxy) is 4. The van der Waals surface area contributed by atoms with Crippen LogP contribution in [0.5, 0.6) is 11.5 Å². The zero-order chi connectivity index (χ0) is 41.4. The number of hydrogen-bond acceptors (Lipinski definition) is 11. The zero-order valence-corrected chi connectivity index (χ0v) is 33.1. The van der Waals surface area contributed by atoms with Gasteiger partial charge in [0.2, 0.25) is 0 Å². The van der Waals surface area contributed by atoms with Crippen molar-refractivity contribution in [3.8, 4) is 33.8 Å². The fourth-order valence-electron chi connectivity index (χ4n) is 7.65. The van der Waals surface area contributed by atoms with Gasteiger partial charge in [0.1, 0.15) is 22.3 Å². The van der Waals surface area contributed by atoms with Crippen LogP contribution < -0.4 is 25.5 Å². The smallest absolute Gasteiger partial charge is 0.344 e. The van der Waals surface area contributed by atoms with E-state index in [4.69, 9.17) is 27.8 Å². The molecule has 0 aliphatic rings. The Morgan fingerprint density at radius 1 is 0.644 bits per heavy atom. The van der Waals surface area contributed by atoms with Crippen molar-refractivity contribution in [2.45, 2.75) is 27.2 Å². The maximum Gasteiger partial charge on any atom is 0.344 e. The SMILES string of the molecule is CCOC(=O)c1c(-c2ccc(OC)c(OC)c2)c2oc3ccc(CCOC(=O)c4c(-c5ccc(N(CC)CC)cc5)c5oc6ccccc6c5[nH]c4=O)cc3c2[nH]c1=O. The van der Waals surface area contributed by atoms with Crippen molar-refractivity contribution in [3.05, 3.63) is 122 Å². The minimum Gasteiger partial charge on any atom is -0.493 e. The van der Waals surface area contributed by atoms with Crippen molar-refractivity contribution in [3.63, 3.8) is 0 Å². The monoisotopic (exact) mass is 795 g/mol. The Bertz CT molecular complexity index is 3020. The second-order valence-corrected chi connectivity index (χ2v) is 13.7. The summed E-state index contributed by atoms with van der Waals surface area (Å²) in [7, 11) is 3.00. The van der Waals surface area contributed by atoms with Crippen molar-refractivity contribution in [1.29, 1.82) is 0 Å². The average Bonchev–Trinajstić information content (AvgIpc) is 3.80. The topological polar surface area (TPSA) is 166 Å². The van der Waals surface area contributed by atoms with Crippen LogP contribution in [0.15, 0.2) is 103 Å².